The molecule has 0 radical (unpaired) electrons. The van der Waals surface area contributed by atoms with Gasteiger partial charge in [0.15, 0.2) is 0 Å². The standard InChI is InChI=1S/C10H13Cl2NO/c1-3-13-6(2)7-4-8(11)9(12)5-10(7)14/h4-6,13-14H,3H2,1-2H3. The third-order valence-corrected chi connectivity index (χ3v) is 2.77. The summed E-state index contributed by atoms with van der Waals surface area (Å²) in [4.78, 5) is 0. The van der Waals surface area contributed by atoms with Gasteiger partial charge in [0.05, 0.1) is 10.0 Å². The Hall–Kier alpha value is -0.440. The normalized spacial score (nSPS) is 12.9. The van der Waals surface area contributed by atoms with Crippen molar-refractivity contribution >= 4 is 23.2 Å². The molecule has 0 bridgehead atoms. The number of benzene rings is 1. The fourth-order valence-corrected chi connectivity index (χ4v) is 1.64. The van der Waals surface area contributed by atoms with Gasteiger partial charge in [-0.25, -0.2) is 0 Å². The van der Waals surface area contributed by atoms with Crippen LogP contribution in [0.4, 0.5) is 0 Å². The quantitative estimate of drug-likeness (QED) is 0.840. The minimum Gasteiger partial charge on any atom is -0.508 e. The molecular weight excluding hydrogens is 221 g/mol. The minimum atomic E-state index is 0.0646. The van der Waals surface area contributed by atoms with Gasteiger partial charge < -0.3 is 10.4 Å². The summed E-state index contributed by atoms with van der Waals surface area (Å²) < 4.78 is 0. The van der Waals surface area contributed by atoms with Gasteiger partial charge >= 0.3 is 0 Å². The van der Waals surface area contributed by atoms with E-state index in [1.54, 1.807) is 6.07 Å². The van der Waals surface area contributed by atoms with Crippen LogP contribution in [0.5, 0.6) is 5.75 Å². The lowest BCUT2D eigenvalue weighted by Crippen LogP contribution is -2.17. The molecule has 0 heterocycles. The van der Waals surface area contributed by atoms with Crippen molar-refractivity contribution in [3.05, 3.63) is 27.7 Å². The predicted molar refractivity (Wildman–Crippen MR) is 60.2 cm³/mol. The molecule has 0 aliphatic carbocycles. The smallest absolute Gasteiger partial charge is 0.121 e. The fraction of sp³-hybridized carbons (Fsp3) is 0.400. The van der Waals surface area contributed by atoms with Crippen molar-refractivity contribution in [3.63, 3.8) is 0 Å². The predicted octanol–water partition coefficient (Wildman–Crippen LogP) is 3.37. The molecular formula is C10H13Cl2NO. The highest BCUT2D eigenvalue weighted by molar-refractivity contribution is 6.42. The van der Waals surface area contributed by atoms with Crippen molar-refractivity contribution in [1.82, 2.24) is 5.32 Å². The van der Waals surface area contributed by atoms with Crippen molar-refractivity contribution in [1.29, 1.82) is 0 Å². The van der Waals surface area contributed by atoms with E-state index in [4.69, 9.17) is 23.2 Å². The molecule has 1 atom stereocenters. The van der Waals surface area contributed by atoms with E-state index < -0.39 is 0 Å². The van der Waals surface area contributed by atoms with Gasteiger partial charge in [0.2, 0.25) is 0 Å². The maximum absolute atomic E-state index is 9.63. The topological polar surface area (TPSA) is 32.3 Å². The van der Waals surface area contributed by atoms with Crippen LogP contribution in [-0.2, 0) is 0 Å². The lowest BCUT2D eigenvalue weighted by Gasteiger charge is -2.15. The van der Waals surface area contributed by atoms with Gasteiger partial charge in [-0.15, -0.1) is 0 Å². The fourth-order valence-electron chi connectivity index (χ4n) is 1.31. The number of nitrogens with one attached hydrogen (secondary N) is 1. The van der Waals surface area contributed by atoms with E-state index in [1.807, 2.05) is 13.8 Å². The number of hydrogen-bond donors (Lipinski definition) is 2. The van der Waals surface area contributed by atoms with Crippen LogP contribution in [-0.4, -0.2) is 11.7 Å². The molecule has 1 unspecified atom stereocenters. The van der Waals surface area contributed by atoms with Crippen LogP contribution in [0.1, 0.15) is 25.5 Å². The molecule has 0 aliphatic heterocycles. The van der Waals surface area contributed by atoms with Gasteiger partial charge in [-0.05, 0) is 19.5 Å². The van der Waals surface area contributed by atoms with Crippen LogP contribution in [0, 0.1) is 0 Å². The minimum absolute atomic E-state index is 0.0646. The molecule has 1 aromatic rings. The SMILES string of the molecule is CCNC(C)c1cc(Cl)c(Cl)cc1O. The van der Waals surface area contributed by atoms with Crippen LogP contribution in [0.3, 0.4) is 0 Å². The van der Waals surface area contributed by atoms with E-state index in [9.17, 15) is 5.11 Å². The van der Waals surface area contributed by atoms with E-state index in [0.29, 0.717) is 10.0 Å². The summed E-state index contributed by atoms with van der Waals surface area (Å²) in [5.41, 5.74) is 0.765. The molecule has 14 heavy (non-hydrogen) atoms. The molecule has 1 rings (SSSR count). The Morgan fingerprint density at radius 3 is 2.50 bits per heavy atom. The Labute approximate surface area is 93.8 Å². The highest BCUT2D eigenvalue weighted by atomic mass is 35.5. The van der Waals surface area contributed by atoms with E-state index >= 15 is 0 Å². The zero-order valence-corrected chi connectivity index (χ0v) is 9.65. The summed E-state index contributed by atoms with van der Waals surface area (Å²) in [6.45, 7) is 4.80. The number of halogens is 2. The van der Waals surface area contributed by atoms with Gasteiger partial charge in [0.1, 0.15) is 5.75 Å². The van der Waals surface area contributed by atoms with Crippen molar-refractivity contribution in [2.24, 2.45) is 0 Å². The second-order valence-electron chi connectivity index (χ2n) is 3.10. The average molecular weight is 234 g/mol. The largest absolute Gasteiger partial charge is 0.508 e. The van der Waals surface area contributed by atoms with Crippen LogP contribution in [0.15, 0.2) is 12.1 Å². The lowest BCUT2D eigenvalue weighted by molar-refractivity contribution is 0.455. The van der Waals surface area contributed by atoms with Crippen LogP contribution in [0.2, 0.25) is 10.0 Å². The van der Waals surface area contributed by atoms with Gasteiger partial charge in [-0.2, -0.15) is 0 Å². The van der Waals surface area contributed by atoms with Gasteiger partial charge in [-0.3, -0.25) is 0 Å². The molecule has 78 valence electrons. The highest BCUT2D eigenvalue weighted by Crippen LogP contribution is 2.32. The second kappa shape index (κ2) is 4.87. The Kier molecular flexibility index (Phi) is 4.05. The summed E-state index contributed by atoms with van der Waals surface area (Å²) >= 11 is 11.6. The molecule has 2 nitrogen and oxygen atoms in total. The molecule has 0 fully saturated rings. The number of hydrogen-bond acceptors (Lipinski definition) is 2. The first kappa shape index (κ1) is 11.6. The molecule has 0 spiro atoms. The first-order valence-electron chi connectivity index (χ1n) is 4.47. The first-order chi connectivity index (χ1) is 6.56. The molecule has 4 heteroatoms. The summed E-state index contributed by atoms with van der Waals surface area (Å²) in [5.74, 6) is 0.174. The molecule has 0 saturated carbocycles. The Balaban J connectivity index is 3.02. The maximum atomic E-state index is 9.63. The summed E-state index contributed by atoms with van der Waals surface area (Å²) in [5, 5.41) is 13.7. The van der Waals surface area contributed by atoms with Crippen LogP contribution >= 0.6 is 23.2 Å². The summed E-state index contributed by atoms with van der Waals surface area (Å²) in [7, 11) is 0. The third-order valence-electron chi connectivity index (χ3n) is 2.05. The molecule has 1 aromatic carbocycles. The molecule has 0 amide bonds. The van der Waals surface area contributed by atoms with E-state index in [-0.39, 0.29) is 11.8 Å². The van der Waals surface area contributed by atoms with Crippen molar-refractivity contribution in [2.45, 2.75) is 19.9 Å². The van der Waals surface area contributed by atoms with Gasteiger partial charge in [-0.1, -0.05) is 30.1 Å². The monoisotopic (exact) mass is 233 g/mol. The van der Waals surface area contributed by atoms with Crippen molar-refractivity contribution < 1.29 is 5.11 Å². The molecule has 0 aromatic heterocycles. The van der Waals surface area contributed by atoms with Gasteiger partial charge in [0, 0.05) is 17.7 Å². The third kappa shape index (κ3) is 2.53. The van der Waals surface area contributed by atoms with E-state index in [2.05, 4.69) is 5.32 Å². The molecule has 0 saturated heterocycles. The Morgan fingerprint density at radius 1 is 1.36 bits per heavy atom. The number of phenols is 1. The number of rotatable bonds is 3. The zero-order valence-electron chi connectivity index (χ0n) is 8.14. The first-order valence-corrected chi connectivity index (χ1v) is 5.23. The number of phenolic OH excluding ortho intramolecular Hbond substituents is 1. The molecule has 0 aliphatic rings. The van der Waals surface area contributed by atoms with Crippen LogP contribution in [0.25, 0.3) is 0 Å². The maximum Gasteiger partial charge on any atom is 0.121 e. The lowest BCUT2D eigenvalue weighted by atomic mass is 10.1. The van der Waals surface area contributed by atoms with E-state index in [1.165, 1.54) is 6.07 Å². The zero-order chi connectivity index (χ0) is 10.7. The number of aromatic hydroxyl groups is 1. The van der Waals surface area contributed by atoms with Gasteiger partial charge in [0.25, 0.3) is 0 Å². The highest BCUT2D eigenvalue weighted by Gasteiger charge is 2.11. The Bertz CT molecular complexity index is 328. The molecule has 2 N–H and O–H groups in total. The van der Waals surface area contributed by atoms with Crippen molar-refractivity contribution in [2.75, 3.05) is 6.54 Å². The second-order valence-corrected chi connectivity index (χ2v) is 3.92. The van der Waals surface area contributed by atoms with Crippen LogP contribution < -0.4 is 5.32 Å². The Morgan fingerprint density at radius 2 is 1.93 bits per heavy atom. The summed E-state index contributed by atoms with van der Waals surface area (Å²) in [6.07, 6.45) is 0. The summed E-state index contributed by atoms with van der Waals surface area (Å²) in [6, 6.07) is 3.22. The van der Waals surface area contributed by atoms with E-state index in [0.717, 1.165) is 12.1 Å². The van der Waals surface area contributed by atoms with Crippen molar-refractivity contribution in [3.8, 4) is 5.75 Å². The average Bonchev–Trinajstić information content (AvgIpc) is 2.11.